The van der Waals surface area contributed by atoms with Crippen LogP contribution in [-0.4, -0.2) is 15.5 Å². The highest BCUT2D eigenvalue weighted by molar-refractivity contribution is 9.10. The van der Waals surface area contributed by atoms with Crippen molar-refractivity contribution >= 4 is 31.5 Å². The fourth-order valence-corrected chi connectivity index (χ4v) is 3.83. The summed E-state index contributed by atoms with van der Waals surface area (Å²) < 4.78 is 31.1. The maximum absolute atomic E-state index is 12.5. The number of nitrogen functional groups attached to an aromatic ring is 1. The van der Waals surface area contributed by atoms with Gasteiger partial charge in [-0.1, -0.05) is 15.9 Å². The van der Waals surface area contributed by atoms with Gasteiger partial charge in [0.05, 0.1) is 17.8 Å². The van der Waals surface area contributed by atoms with Crippen molar-refractivity contribution in [3.8, 4) is 5.75 Å². The standard InChI is InChI=1S/C15H16BrNO3S/c1-10-7-13(4-5-14(10)17)21(18,19)9-11-8-12(16)3-6-15(11)20-2/h3-8H,9,17H2,1-2H3. The topological polar surface area (TPSA) is 69.4 Å². The molecule has 0 fully saturated rings. The molecule has 2 aromatic carbocycles. The maximum Gasteiger partial charge on any atom is 0.182 e. The van der Waals surface area contributed by atoms with Gasteiger partial charge in [-0.15, -0.1) is 0 Å². The zero-order chi connectivity index (χ0) is 15.6. The third-order valence-corrected chi connectivity index (χ3v) is 5.34. The molecule has 0 aliphatic carbocycles. The van der Waals surface area contributed by atoms with Crippen LogP contribution in [-0.2, 0) is 15.6 Å². The van der Waals surface area contributed by atoms with E-state index in [1.807, 2.05) is 6.07 Å². The summed E-state index contributed by atoms with van der Waals surface area (Å²) in [6.45, 7) is 1.79. The maximum atomic E-state index is 12.5. The number of halogens is 1. The lowest BCUT2D eigenvalue weighted by molar-refractivity contribution is 0.411. The van der Waals surface area contributed by atoms with Gasteiger partial charge in [0.25, 0.3) is 0 Å². The van der Waals surface area contributed by atoms with E-state index in [-0.39, 0.29) is 10.6 Å². The molecule has 0 atom stereocenters. The number of benzene rings is 2. The van der Waals surface area contributed by atoms with Crippen LogP contribution in [0.15, 0.2) is 45.8 Å². The average Bonchev–Trinajstić information content (AvgIpc) is 2.41. The molecule has 6 heteroatoms. The molecular formula is C15H16BrNO3S. The largest absolute Gasteiger partial charge is 0.496 e. The summed E-state index contributed by atoms with van der Waals surface area (Å²) >= 11 is 3.34. The molecule has 0 aliphatic rings. The normalized spacial score (nSPS) is 11.4. The predicted molar refractivity (Wildman–Crippen MR) is 87.2 cm³/mol. The van der Waals surface area contributed by atoms with E-state index in [0.717, 1.165) is 10.0 Å². The first-order chi connectivity index (χ1) is 9.83. The molecule has 2 N–H and O–H groups in total. The highest BCUT2D eigenvalue weighted by Crippen LogP contribution is 2.28. The molecular weight excluding hydrogens is 354 g/mol. The number of anilines is 1. The van der Waals surface area contributed by atoms with Gasteiger partial charge in [-0.25, -0.2) is 8.42 Å². The Morgan fingerprint density at radius 1 is 1.19 bits per heavy atom. The van der Waals surface area contributed by atoms with Crippen LogP contribution in [0.25, 0.3) is 0 Å². The minimum absolute atomic E-state index is 0.126. The summed E-state index contributed by atoms with van der Waals surface area (Å²) in [4.78, 5) is 0.260. The number of methoxy groups -OCH3 is 1. The van der Waals surface area contributed by atoms with Crippen molar-refractivity contribution < 1.29 is 13.2 Å². The van der Waals surface area contributed by atoms with E-state index in [1.165, 1.54) is 13.2 Å². The molecule has 112 valence electrons. The van der Waals surface area contributed by atoms with Crippen LogP contribution in [0.1, 0.15) is 11.1 Å². The van der Waals surface area contributed by atoms with Crippen LogP contribution < -0.4 is 10.5 Å². The summed E-state index contributed by atoms with van der Waals surface area (Å²) in [6.07, 6.45) is 0. The molecule has 0 aliphatic heterocycles. The molecule has 0 heterocycles. The molecule has 4 nitrogen and oxygen atoms in total. The second kappa shape index (κ2) is 6.07. The number of sulfone groups is 1. The Labute approximate surface area is 133 Å². The van der Waals surface area contributed by atoms with Crippen molar-refractivity contribution in [1.29, 1.82) is 0 Å². The Balaban J connectivity index is 2.41. The van der Waals surface area contributed by atoms with Crippen LogP contribution >= 0.6 is 15.9 Å². The Hall–Kier alpha value is -1.53. The minimum Gasteiger partial charge on any atom is -0.496 e. The van der Waals surface area contributed by atoms with E-state index in [1.54, 1.807) is 31.2 Å². The molecule has 2 aromatic rings. The van der Waals surface area contributed by atoms with Crippen molar-refractivity contribution in [3.63, 3.8) is 0 Å². The van der Waals surface area contributed by atoms with Gasteiger partial charge in [-0.2, -0.15) is 0 Å². The monoisotopic (exact) mass is 369 g/mol. The first-order valence-electron chi connectivity index (χ1n) is 6.25. The first kappa shape index (κ1) is 15.9. The average molecular weight is 370 g/mol. The summed E-state index contributed by atoms with van der Waals surface area (Å²) in [6, 6.07) is 10.0. The second-order valence-corrected chi connectivity index (χ2v) is 7.64. The predicted octanol–water partition coefficient (Wildman–Crippen LogP) is 3.32. The van der Waals surface area contributed by atoms with E-state index in [0.29, 0.717) is 17.0 Å². The molecule has 0 radical (unpaired) electrons. The van der Waals surface area contributed by atoms with Gasteiger partial charge in [0.2, 0.25) is 0 Å². The van der Waals surface area contributed by atoms with E-state index in [9.17, 15) is 8.42 Å². The minimum atomic E-state index is -3.46. The van der Waals surface area contributed by atoms with Gasteiger partial charge in [-0.05, 0) is 48.9 Å². The highest BCUT2D eigenvalue weighted by Gasteiger charge is 2.18. The Morgan fingerprint density at radius 2 is 1.90 bits per heavy atom. The molecule has 0 saturated heterocycles. The van der Waals surface area contributed by atoms with Crippen LogP contribution in [0.2, 0.25) is 0 Å². The van der Waals surface area contributed by atoms with Gasteiger partial charge in [0, 0.05) is 15.7 Å². The Bertz CT molecular complexity index is 772. The van der Waals surface area contributed by atoms with Gasteiger partial charge >= 0.3 is 0 Å². The molecule has 2 rings (SSSR count). The third-order valence-electron chi connectivity index (χ3n) is 3.19. The van der Waals surface area contributed by atoms with Crippen LogP contribution in [0.5, 0.6) is 5.75 Å². The number of aryl methyl sites for hydroxylation is 1. The smallest absolute Gasteiger partial charge is 0.182 e. The van der Waals surface area contributed by atoms with Crippen molar-refractivity contribution in [1.82, 2.24) is 0 Å². The lowest BCUT2D eigenvalue weighted by Crippen LogP contribution is -2.07. The van der Waals surface area contributed by atoms with Gasteiger partial charge < -0.3 is 10.5 Å². The molecule has 0 saturated carbocycles. The molecule has 0 spiro atoms. The van der Waals surface area contributed by atoms with E-state index in [4.69, 9.17) is 10.5 Å². The molecule has 0 aromatic heterocycles. The van der Waals surface area contributed by atoms with Crippen molar-refractivity contribution in [2.45, 2.75) is 17.6 Å². The number of rotatable bonds is 4. The lowest BCUT2D eigenvalue weighted by atomic mass is 10.2. The fraction of sp³-hybridized carbons (Fsp3) is 0.200. The Morgan fingerprint density at radius 3 is 2.52 bits per heavy atom. The summed E-state index contributed by atoms with van der Waals surface area (Å²) in [5, 5.41) is 0. The summed E-state index contributed by atoms with van der Waals surface area (Å²) in [7, 11) is -1.94. The molecule has 0 amide bonds. The van der Waals surface area contributed by atoms with Crippen molar-refractivity contribution in [2.24, 2.45) is 0 Å². The van der Waals surface area contributed by atoms with Crippen LogP contribution in [0.3, 0.4) is 0 Å². The number of nitrogens with two attached hydrogens (primary N) is 1. The van der Waals surface area contributed by atoms with Crippen LogP contribution in [0, 0.1) is 6.92 Å². The summed E-state index contributed by atoms with van der Waals surface area (Å²) in [5.41, 5.74) is 7.67. The highest BCUT2D eigenvalue weighted by atomic mass is 79.9. The van der Waals surface area contributed by atoms with E-state index < -0.39 is 9.84 Å². The van der Waals surface area contributed by atoms with Crippen molar-refractivity contribution in [2.75, 3.05) is 12.8 Å². The summed E-state index contributed by atoms with van der Waals surface area (Å²) in [5.74, 6) is 0.424. The second-order valence-electron chi connectivity index (χ2n) is 4.73. The lowest BCUT2D eigenvalue weighted by Gasteiger charge is -2.11. The SMILES string of the molecule is COc1ccc(Br)cc1CS(=O)(=O)c1ccc(N)c(C)c1. The van der Waals surface area contributed by atoms with Gasteiger partial charge in [-0.3, -0.25) is 0 Å². The quantitative estimate of drug-likeness (QED) is 0.839. The molecule has 0 unspecified atom stereocenters. The van der Waals surface area contributed by atoms with Gasteiger partial charge in [0.15, 0.2) is 9.84 Å². The zero-order valence-electron chi connectivity index (χ0n) is 11.8. The number of ether oxygens (including phenoxy) is 1. The van der Waals surface area contributed by atoms with E-state index >= 15 is 0 Å². The molecule has 0 bridgehead atoms. The zero-order valence-corrected chi connectivity index (χ0v) is 14.2. The van der Waals surface area contributed by atoms with E-state index in [2.05, 4.69) is 15.9 Å². The third kappa shape index (κ3) is 3.57. The number of hydrogen-bond acceptors (Lipinski definition) is 4. The van der Waals surface area contributed by atoms with Crippen molar-refractivity contribution in [3.05, 3.63) is 52.0 Å². The number of hydrogen-bond donors (Lipinski definition) is 1. The molecule has 21 heavy (non-hydrogen) atoms. The first-order valence-corrected chi connectivity index (χ1v) is 8.69. The Kier molecular flexibility index (Phi) is 4.58. The van der Waals surface area contributed by atoms with Crippen LogP contribution in [0.4, 0.5) is 5.69 Å². The fourth-order valence-electron chi connectivity index (χ4n) is 1.99. The van der Waals surface area contributed by atoms with Gasteiger partial charge in [0.1, 0.15) is 5.75 Å².